The summed E-state index contributed by atoms with van der Waals surface area (Å²) in [6.45, 7) is 6.28. The Labute approximate surface area is 138 Å². The molecule has 120 valence electrons. The second kappa shape index (κ2) is 6.00. The van der Waals surface area contributed by atoms with Gasteiger partial charge in [0.25, 0.3) is 0 Å². The number of nitrogens with zero attached hydrogens (tertiary/aromatic N) is 4. The molecule has 0 aliphatic carbocycles. The highest BCUT2D eigenvalue weighted by atomic mass is 32.1. The van der Waals surface area contributed by atoms with Gasteiger partial charge in [0, 0.05) is 41.6 Å². The van der Waals surface area contributed by atoms with Gasteiger partial charge in [-0.3, -0.25) is 9.48 Å². The van der Waals surface area contributed by atoms with Crippen molar-refractivity contribution in [2.45, 2.75) is 27.3 Å². The summed E-state index contributed by atoms with van der Waals surface area (Å²) in [5, 5.41) is 10.1. The van der Waals surface area contributed by atoms with Crippen molar-refractivity contribution in [3.8, 4) is 11.3 Å². The average Bonchev–Trinajstić information content (AvgIpc) is 3.15. The third kappa shape index (κ3) is 3.19. The van der Waals surface area contributed by atoms with Gasteiger partial charge in [0.2, 0.25) is 5.91 Å². The van der Waals surface area contributed by atoms with Crippen molar-refractivity contribution in [3.63, 3.8) is 0 Å². The summed E-state index contributed by atoms with van der Waals surface area (Å²) in [6, 6.07) is 3.86. The Balaban J connectivity index is 1.80. The molecule has 1 N–H and O–H groups in total. The molecule has 3 heterocycles. The molecular weight excluding hydrogens is 310 g/mol. The van der Waals surface area contributed by atoms with Crippen LogP contribution in [-0.4, -0.2) is 25.2 Å². The molecule has 0 radical (unpaired) electrons. The maximum absolute atomic E-state index is 12.3. The summed E-state index contributed by atoms with van der Waals surface area (Å²) in [6.07, 6.45) is 1.80. The van der Waals surface area contributed by atoms with Crippen molar-refractivity contribution in [2.75, 3.05) is 5.32 Å². The molecule has 0 atom stereocenters. The number of aromatic nitrogens is 4. The number of carbonyl (C=O) groups is 1. The number of hydrogen-bond acceptors (Lipinski definition) is 4. The van der Waals surface area contributed by atoms with Crippen molar-refractivity contribution in [1.82, 2.24) is 19.3 Å². The summed E-state index contributed by atoms with van der Waals surface area (Å²) in [4.78, 5) is 16.8. The minimum Gasteiger partial charge on any atom is -0.339 e. The number of carbonyl (C=O) groups excluding carboxylic acids is 1. The summed E-state index contributed by atoms with van der Waals surface area (Å²) in [5.74, 6) is 0.474. The molecule has 0 aromatic carbocycles. The summed E-state index contributed by atoms with van der Waals surface area (Å²) >= 11 is 1.63. The van der Waals surface area contributed by atoms with Gasteiger partial charge in [-0.15, -0.1) is 11.3 Å². The van der Waals surface area contributed by atoms with Crippen LogP contribution in [0.4, 0.5) is 5.82 Å². The van der Waals surface area contributed by atoms with Crippen LogP contribution in [0, 0.1) is 20.8 Å². The second-order valence-electron chi connectivity index (χ2n) is 5.55. The largest absolute Gasteiger partial charge is 0.339 e. The Kier molecular flexibility index (Phi) is 4.04. The number of thiazole rings is 1. The number of anilines is 1. The molecule has 23 heavy (non-hydrogen) atoms. The summed E-state index contributed by atoms with van der Waals surface area (Å²) < 4.78 is 3.66. The van der Waals surface area contributed by atoms with E-state index in [0.29, 0.717) is 5.82 Å². The molecule has 1 amide bonds. The molecule has 0 saturated carbocycles. The van der Waals surface area contributed by atoms with Gasteiger partial charge in [-0.05, 0) is 26.8 Å². The fraction of sp³-hybridized carbons (Fsp3) is 0.312. The minimum absolute atomic E-state index is 0.0912. The van der Waals surface area contributed by atoms with Gasteiger partial charge in [0.15, 0.2) is 5.82 Å². The fourth-order valence-electron chi connectivity index (χ4n) is 2.60. The fourth-order valence-corrected chi connectivity index (χ4v) is 3.21. The molecule has 3 rings (SSSR count). The van der Waals surface area contributed by atoms with E-state index in [4.69, 9.17) is 0 Å². The van der Waals surface area contributed by atoms with E-state index >= 15 is 0 Å². The lowest BCUT2D eigenvalue weighted by Gasteiger charge is -2.09. The zero-order valence-electron chi connectivity index (χ0n) is 13.6. The van der Waals surface area contributed by atoms with E-state index in [2.05, 4.69) is 26.8 Å². The van der Waals surface area contributed by atoms with E-state index in [1.807, 2.05) is 32.4 Å². The normalized spacial score (nSPS) is 11.0. The van der Waals surface area contributed by atoms with Gasteiger partial charge in [-0.25, -0.2) is 4.98 Å². The predicted molar refractivity (Wildman–Crippen MR) is 91.6 cm³/mol. The number of nitrogens with one attached hydrogen (secondary N) is 1. The van der Waals surface area contributed by atoms with Gasteiger partial charge in [-0.1, -0.05) is 0 Å². The standard InChI is InChI=1S/C16H19N5OS/c1-10-7-13(14-9-23-12(3)17-14)11(2)21(10)8-16(22)18-15-5-6-20(4)19-15/h5-7,9H,8H2,1-4H3,(H,18,19,22). The molecular formula is C16H19N5OS. The van der Waals surface area contributed by atoms with Gasteiger partial charge < -0.3 is 9.88 Å². The van der Waals surface area contributed by atoms with E-state index < -0.39 is 0 Å². The maximum Gasteiger partial charge on any atom is 0.245 e. The van der Waals surface area contributed by atoms with Crippen LogP contribution >= 0.6 is 11.3 Å². The summed E-state index contributed by atoms with van der Waals surface area (Å²) in [5.41, 5.74) is 4.14. The first-order chi connectivity index (χ1) is 10.9. The van der Waals surface area contributed by atoms with E-state index in [-0.39, 0.29) is 12.5 Å². The van der Waals surface area contributed by atoms with Crippen LogP contribution < -0.4 is 5.32 Å². The smallest absolute Gasteiger partial charge is 0.245 e. The number of aryl methyl sites for hydroxylation is 3. The van der Waals surface area contributed by atoms with Crippen molar-refractivity contribution in [3.05, 3.63) is 40.1 Å². The third-order valence-electron chi connectivity index (χ3n) is 3.75. The molecule has 7 heteroatoms. The first-order valence-electron chi connectivity index (χ1n) is 7.33. The van der Waals surface area contributed by atoms with E-state index in [1.165, 1.54) is 0 Å². The van der Waals surface area contributed by atoms with Crippen LogP contribution in [0.25, 0.3) is 11.3 Å². The van der Waals surface area contributed by atoms with Gasteiger partial charge in [-0.2, -0.15) is 5.10 Å². The highest BCUT2D eigenvalue weighted by Gasteiger charge is 2.15. The zero-order chi connectivity index (χ0) is 16.6. The summed E-state index contributed by atoms with van der Waals surface area (Å²) in [7, 11) is 1.82. The first kappa shape index (κ1) is 15.5. The van der Waals surface area contributed by atoms with E-state index in [0.717, 1.165) is 27.7 Å². The SMILES string of the molecule is Cc1nc(-c2cc(C)n(CC(=O)Nc3ccn(C)n3)c2C)cs1. The van der Waals surface area contributed by atoms with Crippen LogP contribution in [-0.2, 0) is 18.4 Å². The zero-order valence-corrected chi connectivity index (χ0v) is 14.4. The topological polar surface area (TPSA) is 64.7 Å². The third-order valence-corrected chi connectivity index (χ3v) is 4.52. The maximum atomic E-state index is 12.3. The number of rotatable bonds is 4. The number of amides is 1. The molecule has 6 nitrogen and oxygen atoms in total. The Morgan fingerprint density at radius 2 is 2.13 bits per heavy atom. The molecule has 0 aliphatic rings. The van der Waals surface area contributed by atoms with E-state index in [9.17, 15) is 4.79 Å². The predicted octanol–water partition coefficient (Wildman–Crippen LogP) is 2.91. The van der Waals surface area contributed by atoms with Crippen LogP contribution in [0.5, 0.6) is 0 Å². The lowest BCUT2D eigenvalue weighted by molar-refractivity contribution is -0.116. The van der Waals surface area contributed by atoms with Crippen LogP contribution in [0.1, 0.15) is 16.4 Å². The molecule has 0 spiro atoms. The highest BCUT2D eigenvalue weighted by molar-refractivity contribution is 7.09. The van der Waals surface area contributed by atoms with Crippen molar-refractivity contribution >= 4 is 23.1 Å². The van der Waals surface area contributed by atoms with Gasteiger partial charge in [0.05, 0.1) is 10.7 Å². The molecule has 0 saturated heterocycles. The lowest BCUT2D eigenvalue weighted by atomic mass is 10.2. The molecule has 3 aromatic rings. The first-order valence-corrected chi connectivity index (χ1v) is 8.20. The monoisotopic (exact) mass is 329 g/mol. The minimum atomic E-state index is -0.0912. The van der Waals surface area contributed by atoms with E-state index in [1.54, 1.807) is 28.3 Å². The second-order valence-corrected chi connectivity index (χ2v) is 6.61. The van der Waals surface area contributed by atoms with Crippen LogP contribution in [0.2, 0.25) is 0 Å². The molecule has 0 bridgehead atoms. The quantitative estimate of drug-likeness (QED) is 0.800. The molecule has 0 aliphatic heterocycles. The van der Waals surface area contributed by atoms with Crippen molar-refractivity contribution in [2.24, 2.45) is 7.05 Å². The van der Waals surface area contributed by atoms with Crippen LogP contribution in [0.3, 0.4) is 0 Å². The number of hydrogen-bond donors (Lipinski definition) is 1. The Hall–Kier alpha value is -2.41. The lowest BCUT2D eigenvalue weighted by Crippen LogP contribution is -2.20. The van der Waals surface area contributed by atoms with Crippen molar-refractivity contribution < 1.29 is 4.79 Å². The highest BCUT2D eigenvalue weighted by Crippen LogP contribution is 2.27. The molecule has 3 aromatic heterocycles. The van der Waals surface area contributed by atoms with Crippen molar-refractivity contribution in [1.29, 1.82) is 0 Å². The van der Waals surface area contributed by atoms with Gasteiger partial charge in [0.1, 0.15) is 6.54 Å². The van der Waals surface area contributed by atoms with Crippen LogP contribution in [0.15, 0.2) is 23.7 Å². The average molecular weight is 329 g/mol. The Morgan fingerprint density at radius 1 is 1.35 bits per heavy atom. The Bertz CT molecular complexity index is 858. The van der Waals surface area contributed by atoms with Gasteiger partial charge >= 0.3 is 0 Å². The Morgan fingerprint density at radius 3 is 2.74 bits per heavy atom. The molecule has 0 unspecified atom stereocenters. The molecule has 0 fully saturated rings.